The number of hydrogen-bond donors (Lipinski definition) is 3. The lowest BCUT2D eigenvalue weighted by Gasteiger charge is -2.11. The second-order valence-electron chi connectivity index (χ2n) is 3.81. The highest BCUT2D eigenvalue weighted by Gasteiger charge is 2.13. The molecule has 5 nitrogen and oxygen atoms in total. The Morgan fingerprint density at radius 2 is 2.27 bits per heavy atom. The van der Waals surface area contributed by atoms with Crippen LogP contribution >= 0.6 is 0 Å². The first-order chi connectivity index (χ1) is 7.14. The van der Waals surface area contributed by atoms with Gasteiger partial charge in [0.1, 0.15) is 0 Å². The lowest BCUT2D eigenvalue weighted by atomic mass is 10.2. The van der Waals surface area contributed by atoms with Gasteiger partial charge in [-0.15, -0.1) is 0 Å². The first kappa shape index (κ1) is 12.9. The summed E-state index contributed by atoms with van der Waals surface area (Å²) in [6, 6.07) is 0.520. The molecule has 1 saturated heterocycles. The molecule has 0 amide bonds. The van der Waals surface area contributed by atoms with Crippen LogP contribution in [0.2, 0.25) is 0 Å². The highest BCUT2D eigenvalue weighted by Crippen LogP contribution is 2.02. The summed E-state index contributed by atoms with van der Waals surface area (Å²) in [4.78, 5) is 0. The summed E-state index contributed by atoms with van der Waals surface area (Å²) < 4.78 is 25.0. The van der Waals surface area contributed by atoms with Crippen LogP contribution in [0.15, 0.2) is 0 Å². The Kier molecular flexibility index (Phi) is 5.52. The van der Waals surface area contributed by atoms with E-state index in [0.717, 1.165) is 13.1 Å². The van der Waals surface area contributed by atoms with Crippen molar-refractivity contribution in [3.8, 4) is 0 Å². The van der Waals surface area contributed by atoms with Gasteiger partial charge >= 0.3 is 0 Å². The largest absolute Gasteiger partial charge is 0.314 e. The second-order valence-corrected chi connectivity index (χ2v) is 5.74. The summed E-state index contributed by atoms with van der Waals surface area (Å²) in [6.45, 7) is 4.72. The predicted molar refractivity (Wildman–Crippen MR) is 61.4 cm³/mol. The zero-order valence-corrected chi connectivity index (χ0v) is 10.1. The van der Waals surface area contributed by atoms with E-state index >= 15 is 0 Å². The van der Waals surface area contributed by atoms with Crippen LogP contribution in [0, 0.1) is 0 Å². The quantitative estimate of drug-likeness (QED) is 0.509. The molecule has 0 bridgehead atoms. The normalized spacial score (nSPS) is 22.1. The van der Waals surface area contributed by atoms with Crippen LogP contribution in [-0.2, 0) is 10.0 Å². The topological polar surface area (TPSA) is 70.2 Å². The minimum absolute atomic E-state index is 0.160. The van der Waals surface area contributed by atoms with Gasteiger partial charge in [-0.3, -0.25) is 0 Å². The molecule has 1 heterocycles. The van der Waals surface area contributed by atoms with E-state index in [9.17, 15) is 8.42 Å². The Bertz CT molecular complexity index is 261. The first-order valence-corrected chi connectivity index (χ1v) is 7.20. The summed E-state index contributed by atoms with van der Waals surface area (Å²) in [7, 11) is -3.06. The monoisotopic (exact) mass is 235 g/mol. The van der Waals surface area contributed by atoms with Gasteiger partial charge in [-0.25, -0.2) is 13.1 Å². The molecule has 0 aromatic carbocycles. The molecular weight excluding hydrogens is 214 g/mol. The summed E-state index contributed by atoms with van der Waals surface area (Å²) in [5, 5.41) is 6.51. The van der Waals surface area contributed by atoms with Gasteiger partial charge in [0.15, 0.2) is 0 Å². The minimum atomic E-state index is -3.06. The van der Waals surface area contributed by atoms with Gasteiger partial charge in [-0.2, -0.15) is 0 Å². The third-order valence-corrected chi connectivity index (χ3v) is 3.94. The van der Waals surface area contributed by atoms with E-state index in [2.05, 4.69) is 15.4 Å². The molecule has 1 aliphatic rings. The lowest BCUT2D eigenvalue weighted by Crippen LogP contribution is -2.37. The van der Waals surface area contributed by atoms with Gasteiger partial charge in [-0.05, 0) is 19.4 Å². The molecule has 1 fully saturated rings. The Labute approximate surface area is 92.1 Å². The molecule has 6 heteroatoms. The van der Waals surface area contributed by atoms with Crippen molar-refractivity contribution >= 4 is 10.0 Å². The zero-order chi connectivity index (χ0) is 11.1. The number of rotatable bonds is 7. The van der Waals surface area contributed by atoms with E-state index in [1.807, 2.05) is 0 Å². The predicted octanol–water partition coefficient (Wildman–Crippen LogP) is -0.733. The maximum absolute atomic E-state index is 11.3. The van der Waals surface area contributed by atoms with Gasteiger partial charge in [0.2, 0.25) is 10.0 Å². The van der Waals surface area contributed by atoms with Gasteiger partial charge in [0, 0.05) is 25.7 Å². The summed E-state index contributed by atoms with van der Waals surface area (Å²) in [5.74, 6) is 0.160. The smallest absolute Gasteiger partial charge is 0.212 e. The van der Waals surface area contributed by atoms with Crippen LogP contribution in [0.3, 0.4) is 0 Å². The average Bonchev–Trinajstić information content (AvgIpc) is 2.65. The van der Waals surface area contributed by atoms with Crippen LogP contribution in [-0.4, -0.2) is 46.4 Å². The van der Waals surface area contributed by atoms with Crippen LogP contribution in [0.1, 0.15) is 19.8 Å². The van der Waals surface area contributed by atoms with E-state index in [1.54, 1.807) is 6.92 Å². The molecule has 3 N–H and O–H groups in total. The summed E-state index contributed by atoms with van der Waals surface area (Å²) in [5.41, 5.74) is 0. The number of nitrogens with one attached hydrogen (secondary N) is 3. The van der Waals surface area contributed by atoms with Crippen LogP contribution in [0.4, 0.5) is 0 Å². The molecule has 1 aliphatic heterocycles. The van der Waals surface area contributed by atoms with Gasteiger partial charge < -0.3 is 10.6 Å². The number of hydrogen-bond acceptors (Lipinski definition) is 4. The highest BCUT2D eigenvalue weighted by atomic mass is 32.2. The molecule has 0 radical (unpaired) electrons. The molecule has 90 valence electrons. The molecule has 0 spiro atoms. The van der Waals surface area contributed by atoms with Crippen LogP contribution < -0.4 is 15.4 Å². The molecule has 0 aromatic rings. The molecular formula is C9H21N3O2S. The van der Waals surface area contributed by atoms with E-state index in [0.29, 0.717) is 19.1 Å². The standard InChI is InChI=1S/C9H21N3O2S/c1-2-12-15(13,14)7-6-10-8-9-4-3-5-11-9/h9-12H,2-8H2,1H3. The van der Waals surface area contributed by atoms with Crippen molar-refractivity contribution in [3.05, 3.63) is 0 Å². The summed E-state index contributed by atoms with van der Waals surface area (Å²) in [6.07, 6.45) is 2.41. The van der Waals surface area contributed by atoms with Gasteiger partial charge in [-0.1, -0.05) is 6.92 Å². The van der Waals surface area contributed by atoms with Gasteiger partial charge in [0.05, 0.1) is 5.75 Å². The first-order valence-electron chi connectivity index (χ1n) is 5.55. The molecule has 1 atom stereocenters. The fourth-order valence-corrected chi connectivity index (χ4v) is 2.70. The molecule has 0 aromatic heterocycles. The van der Waals surface area contributed by atoms with E-state index in [-0.39, 0.29) is 5.75 Å². The van der Waals surface area contributed by atoms with Crippen molar-refractivity contribution in [3.63, 3.8) is 0 Å². The van der Waals surface area contributed by atoms with Gasteiger partial charge in [0.25, 0.3) is 0 Å². The number of sulfonamides is 1. The van der Waals surface area contributed by atoms with E-state index < -0.39 is 10.0 Å². The molecule has 0 saturated carbocycles. The molecule has 0 aliphatic carbocycles. The SMILES string of the molecule is CCNS(=O)(=O)CCNCC1CCCN1. The maximum atomic E-state index is 11.3. The van der Waals surface area contributed by atoms with Crippen molar-refractivity contribution in [2.24, 2.45) is 0 Å². The van der Waals surface area contributed by atoms with Crippen LogP contribution in [0.25, 0.3) is 0 Å². The Morgan fingerprint density at radius 1 is 1.47 bits per heavy atom. The second kappa shape index (κ2) is 6.42. The Morgan fingerprint density at radius 3 is 2.87 bits per heavy atom. The minimum Gasteiger partial charge on any atom is -0.314 e. The molecule has 15 heavy (non-hydrogen) atoms. The third-order valence-electron chi connectivity index (χ3n) is 2.46. The van der Waals surface area contributed by atoms with E-state index in [4.69, 9.17) is 0 Å². The zero-order valence-electron chi connectivity index (χ0n) is 9.25. The third kappa shape index (κ3) is 5.46. The Balaban J connectivity index is 2.05. The van der Waals surface area contributed by atoms with Crippen molar-refractivity contribution in [2.75, 3.05) is 31.9 Å². The lowest BCUT2D eigenvalue weighted by molar-refractivity contribution is 0.540. The van der Waals surface area contributed by atoms with Crippen molar-refractivity contribution in [2.45, 2.75) is 25.8 Å². The van der Waals surface area contributed by atoms with Crippen molar-refractivity contribution in [1.82, 2.24) is 15.4 Å². The van der Waals surface area contributed by atoms with E-state index in [1.165, 1.54) is 12.8 Å². The fourth-order valence-electron chi connectivity index (χ4n) is 1.71. The van der Waals surface area contributed by atoms with Crippen molar-refractivity contribution < 1.29 is 8.42 Å². The summed E-state index contributed by atoms with van der Waals surface area (Å²) >= 11 is 0. The average molecular weight is 235 g/mol. The van der Waals surface area contributed by atoms with Crippen LogP contribution in [0.5, 0.6) is 0 Å². The Hall–Kier alpha value is -0.170. The maximum Gasteiger partial charge on any atom is 0.212 e. The van der Waals surface area contributed by atoms with Crippen molar-refractivity contribution in [1.29, 1.82) is 0 Å². The fraction of sp³-hybridized carbons (Fsp3) is 1.00. The highest BCUT2D eigenvalue weighted by molar-refractivity contribution is 7.89. The molecule has 1 unspecified atom stereocenters. The molecule has 1 rings (SSSR count).